The van der Waals surface area contributed by atoms with Crippen LogP contribution in [0.2, 0.25) is 17.3 Å². The Labute approximate surface area is 285 Å². The second-order valence-corrected chi connectivity index (χ2v) is 23.4. The van der Waals surface area contributed by atoms with Crippen LogP contribution in [0.3, 0.4) is 0 Å². The molecule has 8 aromatic rings. The number of rotatable bonds is 4. The fourth-order valence-corrected chi connectivity index (χ4v) is 7.81. The van der Waals surface area contributed by atoms with Crippen molar-refractivity contribution < 1.29 is 28.9 Å². The number of nitrogens with zero attached hydrogens (tertiary/aromatic N) is 2. The molecular weight excluding hydrogens is 805 g/mol. The maximum Gasteiger partial charge on any atom is 0 e. The zero-order chi connectivity index (χ0) is 31.1. The summed E-state index contributed by atoms with van der Waals surface area (Å²) in [7, 11) is 0. The number of hydrogen-bond acceptors (Lipinski definition) is 4. The molecule has 46 heavy (non-hydrogen) atoms. The van der Waals surface area contributed by atoms with Gasteiger partial charge in [0.05, 0.1) is 5.58 Å². The van der Waals surface area contributed by atoms with Crippen LogP contribution in [0, 0.1) is 12.1 Å². The van der Waals surface area contributed by atoms with Crippen LogP contribution < -0.4 is 4.40 Å². The molecule has 0 spiro atoms. The summed E-state index contributed by atoms with van der Waals surface area (Å²) in [5.41, 5.74) is 8.45. The van der Waals surface area contributed by atoms with E-state index in [0.29, 0.717) is 5.92 Å². The summed E-state index contributed by atoms with van der Waals surface area (Å²) < 4.78 is 13.8. The maximum absolute atomic E-state index is 6.31. The van der Waals surface area contributed by atoms with Crippen LogP contribution in [0.4, 0.5) is 0 Å². The number of hydrogen-bond donors (Lipinski definition) is 0. The first-order chi connectivity index (χ1) is 21.8. The SMILES string of the molecule is CC(C)c1ccnc(-c2[c-]ccc3c2oc2cc4oc5ccccc5c4cc23)c1.[CH3][Ge]([CH3])([CH3])[c]1ccc(-c2[c-]cccc2)nc1.[Ir]. The summed E-state index contributed by atoms with van der Waals surface area (Å²) >= 11 is -1.72. The number of furan rings is 2. The van der Waals surface area contributed by atoms with E-state index in [1.165, 1.54) is 9.96 Å². The molecule has 0 saturated carbocycles. The molecule has 0 aliphatic heterocycles. The van der Waals surface area contributed by atoms with Gasteiger partial charge >= 0.3 is 99.8 Å². The largest absolute Gasteiger partial charge is 0 e. The maximum atomic E-state index is 6.31. The quantitative estimate of drug-likeness (QED) is 0.131. The molecule has 4 nitrogen and oxygen atoms in total. The van der Waals surface area contributed by atoms with Gasteiger partial charge in [0.15, 0.2) is 0 Å². The van der Waals surface area contributed by atoms with Crippen molar-refractivity contribution in [3.63, 3.8) is 0 Å². The molecule has 4 aromatic carbocycles. The van der Waals surface area contributed by atoms with Crippen LogP contribution in [0.5, 0.6) is 0 Å². The predicted molar refractivity (Wildman–Crippen MR) is 189 cm³/mol. The molecule has 1 radical (unpaired) electrons. The summed E-state index contributed by atoms with van der Waals surface area (Å²) in [4.78, 5) is 9.12. The Morgan fingerprint density at radius 1 is 0.652 bits per heavy atom. The first kappa shape index (κ1) is 31.9. The van der Waals surface area contributed by atoms with E-state index in [9.17, 15) is 0 Å². The zero-order valence-corrected chi connectivity index (χ0v) is 31.0. The van der Waals surface area contributed by atoms with Crippen molar-refractivity contribution >= 4 is 61.5 Å². The Bertz CT molecular complexity index is 2280. The molecule has 0 aliphatic carbocycles. The monoisotopic (exact) mass is 841 g/mol. The number of pyridine rings is 2. The second-order valence-electron chi connectivity index (χ2n) is 12.7. The zero-order valence-electron chi connectivity index (χ0n) is 26.5. The van der Waals surface area contributed by atoms with Crippen molar-refractivity contribution in [1.82, 2.24) is 9.97 Å². The Kier molecular flexibility index (Phi) is 9.02. The molecule has 0 amide bonds. The van der Waals surface area contributed by atoms with Crippen molar-refractivity contribution in [1.29, 1.82) is 0 Å². The van der Waals surface area contributed by atoms with Crippen LogP contribution in [0.25, 0.3) is 66.4 Å². The van der Waals surface area contributed by atoms with Crippen molar-refractivity contribution in [3.8, 4) is 22.5 Å². The molecule has 0 unspecified atom stereocenters. The van der Waals surface area contributed by atoms with E-state index >= 15 is 0 Å². The average molecular weight is 840 g/mol. The summed E-state index contributed by atoms with van der Waals surface area (Å²) in [5, 5.41) is 4.37. The minimum absolute atomic E-state index is 0. The summed E-state index contributed by atoms with van der Waals surface area (Å²) in [6, 6.07) is 39.3. The summed E-state index contributed by atoms with van der Waals surface area (Å²) in [5.74, 6) is 7.58. The predicted octanol–water partition coefficient (Wildman–Crippen LogP) is 10.6. The first-order valence-electron chi connectivity index (χ1n) is 15.3. The molecule has 0 atom stereocenters. The van der Waals surface area contributed by atoms with Crippen molar-refractivity contribution in [3.05, 3.63) is 127 Å². The third kappa shape index (κ3) is 6.20. The van der Waals surface area contributed by atoms with Gasteiger partial charge in [0, 0.05) is 48.5 Å². The van der Waals surface area contributed by atoms with Crippen molar-refractivity contribution in [2.45, 2.75) is 37.0 Å². The van der Waals surface area contributed by atoms with E-state index in [0.717, 1.165) is 66.4 Å². The smallest absolute Gasteiger partial charge is 0 e. The third-order valence-electron chi connectivity index (χ3n) is 8.25. The van der Waals surface area contributed by atoms with Crippen LogP contribution in [-0.4, -0.2) is 23.2 Å². The van der Waals surface area contributed by atoms with Gasteiger partial charge in [0.2, 0.25) is 0 Å². The fourth-order valence-electron chi connectivity index (χ4n) is 5.64. The Morgan fingerprint density at radius 3 is 2.17 bits per heavy atom. The molecular formula is C40H34GeIrN2O2-2. The molecule has 0 fully saturated rings. The molecule has 0 saturated heterocycles. The fraction of sp³-hybridized carbons (Fsp3) is 0.150. The minimum atomic E-state index is -1.72. The molecule has 0 N–H and O–H groups in total. The molecule has 8 rings (SSSR count). The van der Waals surface area contributed by atoms with Gasteiger partial charge in [0.25, 0.3) is 0 Å². The van der Waals surface area contributed by atoms with Gasteiger partial charge in [-0.1, -0.05) is 54.6 Å². The summed E-state index contributed by atoms with van der Waals surface area (Å²) in [6.07, 6.45) is 3.90. The Balaban J connectivity index is 0.000000187. The van der Waals surface area contributed by atoms with E-state index in [2.05, 4.69) is 95.7 Å². The second kappa shape index (κ2) is 13.0. The number of fused-ring (bicyclic) bond motifs is 6. The Morgan fingerprint density at radius 2 is 1.43 bits per heavy atom. The molecule has 4 heterocycles. The van der Waals surface area contributed by atoms with Gasteiger partial charge in [-0.25, -0.2) is 0 Å². The average Bonchev–Trinajstić information content (AvgIpc) is 3.61. The Hall–Kier alpha value is -4.03. The normalized spacial score (nSPS) is 11.6. The van der Waals surface area contributed by atoms with Crippen molar-refractivity contribution in [2.24, 2.45) is 0 Å². The van der Waals surface area contributed by atoms with E-state index < -0.39 is 13.3 Å². The summed E-state index contributed by atoms with van der Waals surface area (Å²) in [6.45, 7) is 4.37. The number of benzene rings is 4. The molecule has 0 aliphatic rings. The number of para-hydroxylation sites is 1. The topological polar surface area (TPSA) is 52.1 Å². The molecule has 0 bridgehead atoms. The van der Waals surface area contributed by atoms with E-state index in [1.807, 2.05) is 67.0 Å². The molecule has 231 valence electrons. The van der Waals surface area contributed by atoms with Gasteiger partial charge in [-0.05, 0) is 29.8 Å². The van der Waals surface area contributed by atoms with Crippen LogP contribution in [-0.2, 0) is 20.1 Å². The van der Waals surface area contributed by atoms with Crippen LogP contribution in [0.1, 0.15) is 25.3 Å². The van der Waals surface area contributed by atoms with Crippen LogP contribution >= 0.6 is 0 Å². The van der Waals surface area contributed by atoms with E-state index in [4.69, 9.17) is 8.83 Å². The van der Waals surface area contributed by atoms with Gasteiger partial charge < -0.3 is 13.8 Å². The van der Waals surface area contributed by atoms with E-state index in [1.54, 1.807) is 0 Å². The first-order valence-corrected chi connectivity index (χ1v) is 22.7. The van der Waals surface area contributed by atoms with Crippen LogP contribution in [0.15, 0.2) is 118 Å². The minimum Gasteiger partial charge on any atom is 0 e. The standard InChI is InChI=1S/C26H18NO2.C14H16GeN.Ir/c1-15(2)16-10-11-27-22(12-16)19-8-5-7-18-21-13-20-17-6-3-4-9-23(17)28-24(20)14-25(21)29-26(18)19;1-15(2,3)13-9-10-14(16-11-13)12-7-5-4-6-8-12;/h3-7,9-15H,1-2H3;4-7,9-11H,1-3H3;/q2*-1;. The molecule has 6 heteroatoms. The van der Waals surface area contributed by atoms with Crippen molar-refractivity contribution in [2.75, 3.05) is 0 Å². The third-order valence-corrected chi connectivity index (χ3v) is 12.5. The van der Waals surface area contributed by atoms with Gasteiger partial charge in [-0.3, -0.25) is 0 Å². The van der Waals surface area contributed by atoms with Gasteiger partial charge in [-0.2, -0.15) is 0 Å². The number of aromatic nitrogens is 2. The van der Waals surface area contributed by atoms with Gasteiger partial charge in [0.1, 0.15) is 16.7 Å². The van der Waals surface area contributed by atoms with E-state index in [-0.39, 0.29) is 20.1 Å². The van der Waals surface area contributed by atoms with Gasteiger partial charge in [-0.15, -0.1) is 18.2 Å². The molecule has 4 aromatic heterocycles.